The minimum Gasteiger partial charge on any atom is -0.286 e. The van der Waals surface area contributed by atoms with E-state index in [1.807, 2.05) is 0 Å². The van der Waals surface area contributed by atoms with Crippen molar-refractivity contribution in [1.82, 2.24) is 0 Å². The van der Waals surface area contributed by atoms with Crippen LogP contribution in [0.2, 0.25) is 25.7 Å². The van der Waals surface area contributed by atoms with Gasteiger partial charge in [-0.25, -0.2) is 0 Å². The van der Waals surface area contributed by atoms with Gasteiger partial charge in [-0.2, -0.15) is 8.42 Å². The molecule has 0 unspecified atom stereocenters. The molecule has 0 bridgehead atoms. The molecule has 0 spiro atoms. The molecule has 0 amide bonds. The van der Waals surface area contributed by atoms with Crippen molar-refractivity contribution in [2.75, 3.05) is 5.75 Å². The maximum absolute atomic E-state index is 10.3. The van der Waals surface area contributed by atoms with Gasteiger partial charge >= 0.3 is 0 Å². The smallest absolute Gasteiger partial charge is 0.264 e. The first-order valence-corrected chi connectivity index (χ1v) is 8.97. The zero-order valence-electron chi connectivity index (χ0n) is 8.29. The minimum absolute atomic E-state index is 0. The van der Waals surface area contributed by atoms with E-state index in [0.29, 0.717) is 6.42 Å². The Bertz CT molecular complexity index is 207. The van der Waals surface area contributed by atoms with E-state index in [9.17, 15) is 8.42 Å². The Morgan fingerprint density at radius 3 is 1.92 bits per heavy atom. The van der Waals surface area contributed by atoms with Gasteiger partial charge in [0.15, 0.2) is 0 Å². The van der Waals surface area contributed by atoms with Crippen LogP contribution in [0.1, 0.15) is 6.42 Å². The van der Waals surface area contributed by atoms with Gasteiger partial charge in [0.25, 0.3) is 10.1 Å². The van der Waals surface area contributed by atoms with Gasteiger partial charge in [0.2, 0.25) is 0 Å². The van der Waals surface area contributed by atoms with Gasteiger partial charge < -0.3 is 0 Å². The fourth-order valence-corrected chi connectivity index (χ4v) is 2.79. The topological polar surface area (TPSA) is 54.4 Å². The average Bonchev–Trinajstić information content (AvgIpc) is 1.55. The first-order chi connectivity index (χ1) is 4.71. The molecule has 0 aromatic rings. The maximum Gasteiger partial charge on any atom is 0.264 e. The Labute approximate surface area is 98.0 Å². The fourth-order valence-electron chi connectivity index (χ4n) is 0.785. The van der Waals surface area contributed by atoms with Crippen LogP contribution < -0.4 is 0 Å². The zero-order chi connectivity index (χ0) is 9.12. The molecular formula is C6H16NaO3SSi. The van der Waals surface area contributed by atoms with Crippen LogP contribution >= 0.6 is 0 Å². The van der Waals surface area contributed by atoms with Crippen molar-refractivity contribution in [3.05, 3.63) is 0 Å². The van der Waals surface area contributed by atoms with Crippen molar-refractivity contribution in [2.45, 2.75) is 32.1 Å². The van der Waals surface area contributed by atoms with Crippen molar-refractivity contribution in [3.63, 3.8) is 0 Å². The summed E-state index contributed by atoms with van der Waals surface area (Å²) < 4.78 is 29.0. The fraction of sp³-hybridized carbons (Fsp3) is 1.00. The predicted molar refractivity (Wildman–Crippen MR) is 54.9 cm³/mol. The van der Waals surface area contributed by atoms with Gasteiger partial charge in [0.1, 0.15) is 0 Å². The summed E-state index contributed by atoms with van der Waals surface area (Å²) in [6.45, 7) is 6.53. The first kappa shape index (κ1) is 15.6. The molecule has 0 aliphatic heterocycles. The van der Waals surface area contributed by atoms with E-state index < -0.39 is 18.2 Å². The van der Waals surface area contributed by atoms with E-state index in [1.165, 1.54) is 0 Å². The normalized spacial score (nSPS) is 12.3. The molecule has 3 nitrogen and oxygen atoms in total. The van der Waals surface area contributed by atoms with Gasteiger partial charge in [-0.1, -0.05) is 25.7 Å². The van der Waals surface area contributed by atoms with Crippen LogP contribution in [-0.4, -0.2) is 56.4 Å². The van der Waals surface area contributed by atoms with Crippen molar-refractivity contribution in [3.8, 4) is 0 Å². The molecule has 1 N–H and O–H groups in total. The summed E-state index contributed by atoms with van der Waals surface area (Å²) >= 11 is 0. The molecule has 0 atom stereocenters. The molecule has 0 saturated heterocycles. The monoisotopic (exact) mass is 219 g/mol. The van der Waals surface area contributed by atoms with Crippen LogP contribution in [0.5, 0.6) is 0 Å². The minimum atomic E-state index is -3.72. The molecular weight excluding hydrogens is 203 g/mol. The molecule has 0 aliphatic carbocycles. The van der Waals surface area contributed by atoms with Crippen LogP contribution in [-0.2, 0) is 10.1 Å². The Morgan fingerprint density at radius 1 is 1.25 bits per heavy atom. The van der Waals surface area contributed by atoms with Crippen molar-refractivity contribution < 1.29 is 13.0 Å². The quantitative estimate of drug-likeness (QED) is 0.571. The van der Waals surface area contributed by atoms with Crippen LogP contribution in [0.15, 0.2) is 0 Å². The molecule has 0 fully saturated rings. The molecule has 0 aromatic carbocycles. The molecule has 0 saturated carbocycles. The third-order valence-corrected chi connectivity index (χ3v) is 3.99. The van der Waals surface area contributed by atoms with Crippen LogP contribution in [0, 0.1) is 0 Å². The van der Waals surface area contributed by atoms with Gasteiger partial charge in [-0.3, -0.25) is 4.55 Å². The van der Waals surface area contributed by atoms with E-state index in [0.717, 1.165) is 6.04 Å². The van der Waals surface area contributed by atoms with Crippen LogP contribution in [0.3, 0.4) is 0 Å². The summed E-state index contributed by atoms with van der Waals surface area (Å²) in [5, 5.41) is 0. The number of hydrogen-bond donors (Lipinski definition) is 1. The third-order valence-electron chi connectivity index (χ3n) is 1.33. The molecule has 0 heterocycles. The molecule has 0 aromatic heterocycles. The second kappa shape index (κ2) is 5.77. The zero-order valence-corrected chi connectivity index (χ0v) is 12.1. The van der Waals surface area contributed by atoms with Gasteiger partial charge in [-0.05, 0) is 6.42 Å². The molecule has 6 heteroatoms. The van der Waals surface area contributed by atoms with Crippen LogP contribution in [0.25, 0.3) is 0 Å². The largest absolute Gasteiger partial charge is 0.286 e. The molecule has 12 heavy (non-hydrogen) atoms. The average molecular weight is 219 g/mol. The number of rotatable bonds is 4. The van der Waals surface area contributed by atoms with E-state index in [2.05, 4.69) is 19.6 Å². The standard InChI is InChI=1S/C6H16O3SSi.Na/c1-11(2,3)6-4-5-10(7,8)9;/h4-6H2,1-3H3,(H,7,8,9);. The Kier molecular flexibility index (Phi) is 7.50. The molecule has 0 aliphatic rings. The van der Waals surface area contributed by atoms with Crippen molar-refractivity contribution in [2.24, 2.45) is 0 Å². The molecule has 1 radical (unpaired) electrons. The summed E-state index contributed by atoms with van der Waals surface area (Å²) in [5.41, 5.74) is 0. The Hall–Kier alpha value is 1.13. The van der Waals surface area contributed by atoms with Gasteiger partial charge in [0.05, 0.1) is 5.75 Å². The molecule has 0 rings (SSSR count). The first-order valence-electron chi connectivity index (χ1n) is 3.66. The van der Waals surface area contributed by atoms with Gasteiger partial charge in [0, 0.05) is 37.6 Å². The summed E-state index contributed by atoms with van der Waals surface area (Å²) in [6.07, 6.45) is 0.592. The summed E-state index contributed by atoms with van der Waals surface area (Å²) in [4.78, 5) is 0. The second-order valence-corrected chi connectivity index (χ2v) is 11.1. The SMILES string of the molecule is C[Si](C)(C)CCCS(=O)(=O)O.[Na]. The maximum atomic E-state index is 10.3. The van der Waals surface area contributed by atoms with E-state index in [1.54, 1.807) is 0 Å². The van der Waals surface area contributed by atoms with Crippen molar-refractivity contribution >= 4 is 47.7 Å². The summed E-state index contributed by atoms with van der Waals surface area (Å²) in [7, 11) is -4.86. The Balaban J connectivity index is 0. The molecule has 69 valence electrons. The Morgan fingerprint density at radius 2 is 1.67 bits per heavy atom. The van der Waals surface area contributed by atoms with Gasteiger partial charge in [-0.15, -0.1) is 0 Å². The summed E-state index contributed by atoms with van der Waals surface area (Å²) in [6, 6.07) is 0.951. The number of hydrogen-bond acceptors (Lipinski definition) is 2. The second-order valence-electron chi connectivity index (χ2n) is 3.95. The van der Waals surface area contributed by atoms with Crippen molar-refractivity contribution in [1.29, 1.82) is 0 Å². The predicted octanol–water partition coefficient (Wildman–Crippen LogP) is 1.22. The summed E-state index contributed by atoms with van der Waals surface area (Å²) in [5.74, 6) is -0.0860. The van der Waals surface area contributed by atoms with Crippen LogP contribution in [0.4, 0.5) is 0 Å². The third kappa shape index (κ3) is 13.7. The van der Waals surface area contributed by atoms with E-state index in [-0.39, 0.29) is 35.3 Å². The van der Waals surface area contributed by atoms with E-state index >= 15 is 0 Å². The van der Waals surface area contributed by atoms with E-state index in [4.69, 9.17) is 4.55 Å².